The molecule has 1 saturated heterocycles. The van der Waals surface area contributed by atoms with Crippen molar-refractivity contribution in [2.75, 3.05) is 4.90 Å². The Balaban J connectivity index is 1.97. The number of benzene rings is 1. The van der Waals surface area contributed by atoms with Crippen LogP contribution in [-0.4, -0.2) is 21.9 Å². The van der Waals surface area contributed by atoms with Crippen LogP contribution < -0.4 is 15.5 Å². The van der Waals surface area contributed by atoms with Crippen LogP contribution in [0.2, 0.25) is 0 Å². The lowest BCUT2D eigenvalue weighted by Gasteiger charge is -2.21. The summed E-state index contributed by atoms with van der Waals surface area (Å²) < 4.78 is 0. The maximum absolute atomic E-state index is 12.2. The monoisotopic (exact) mass is 372 g/mol. The first-order valence-electron chi connectivity index (χ1n) is 7.53. The van der Waals surface area contributed by atoms with E-state index in [0.29, 0.717) is 16.5 Å². The Morgan fingerprint density at radius 2 is 2.08 bits per heavy atom. The number of nitrogens with one attached hydrogen (secondary N) is 2. The fourth-order valence-corrected chi connectivity index (χ4v) is 3.50. The molecule has 0 aliphatic carbocycles. The van der Waals surface area contributed by atoms with E-state index in [9.17, 15) is 9.59 Å². The van der Waals surface area contributed by atoms with Crippen LogP contribution in [0.1, 0.15) is 23.7 Å². The van der Waals surface area contributed by atoms with Crippen molar-refractivity contribution in [1.82, 2.24) is 15.6 Å². The first kappa shape index (κ1) is 17.2. The Bertz CT molecular complexity index is 917. The molecule has 128 valence electrons. The van der Waals surface area contributed by atoms with Crippen LogP contribution in [0.3, 0.4) is 0 Å². The van der Waals surface area contributed by atoms with Crippen molar-refractivity contribution in [2.45, 2.75) is 20.8 Å². The molecule has 2 amide bonds. The lowest BCUT2D eigenvalue weighted by molar-refractivity contribution is -0.116. The summed E-state index contributed by atoms with van der Waals surface area (Å²) in [5.41, 5.74) is 3.85. The van der Waals surface area contributed by atoms with E-state index in [0.717, 1.165) is 16.8 Å². The van der Waals surface area contributed by atoms with Gasteiger partial charge in [0.2, 0.25) is 5.91 Å². The van der Waals surface area contributed by atoms with Gasteiger partial charge in [0, 0.05) is 12.3 Å². The van der Waals surface area contributed by atoms with Gasteiger partial charge in [-0.1, -0.05) is 12.1 Å². The summed E-state index contributed by atoms with van der Waals surface area (Å²) in [5.74, 6) is -0.419. The molecule has 6 nitrogen and oxygen atoms in total. The fourth-order valence-electron chi connectivity index (χ4n) is 2.46. The molecule has 25 heavy (non-hydrogen) atoms. The van der Waals surface area contributed by atoms with Crippen molar-refractivity contribution in [1.29, 1.82) is 0 Å². The summed E-state index contributed by atoms with van der Waals surface area (Å²) in [4.78, 5) is 30.0. The van der Waals surface area contributed by atoms with Crippen LogP contribution >= 0.6 is 23.6 Å². The van der Waals surface area contributed by atoms with E-state index in [1.807, 2.05) is 32.0 Å². The van der Waals surface area contributed by atoms with Crippen LogP contribution in [-0.2, 0) is 9.59 Å². The highest BCUT2D eigenvalue weighted by Gasteiger charge is 2.22. The largest absolute Gasteiger partial charge is 0.328 e. The first-order chi connectivity index (χ1) is 11.9. The minimum Gasteiger partial charge on any atom is -0.328 e. The number of anilines is 2. The summed E-state index contributed by atoms with van der Waals surface area (Å²) in [7, 11) is 0. The third-order valence-electron chi connectivity index (χ3n) is 3.85. The van der Waals surface area contributed by atoms with E-state index in [-0.39, 0.29) is 16.9 Å². The number of amides is 2. The molecule has 1 aromatic heterocycles. The molecular formula is C17H16N4O2S2. The third kappa shape index (κ3) is 3.45. The molecule has 1 aliphatic heterocycles. The number of hydrogen-bond donors (Lipinski definition) is 2. The molecule has 0 spiro atoms. The topological polar surface area (TPSA) is 74.3 Å². The van der Waals surface area contributed by atoms with Crippen molar-refractivity contribution in [3.05, 3.63) is 46.1 Å². The molecule has 2 aromatic rings. The highest BCUT2D eigenvalue weighted by Crippen LogP contribution is 2.32. The van der Waals surface area contributed by atoms with E-state index in [2.05, 4.69) is 15.6 Å². The minimum absolute atomic E-state index is 0.125. The highest BCUT2D eigenvalue weighted by molar-refractivity contribution is 7.80. The lowest BCUT2D eigenvalue weighted by Crippen LogP contribution is -2.23. The van der Waals surface area contributed by atoms with Gasteiger partial charge in [-0.15, -0.1) is 11.3 Å². The van der Waals surface area contributed by atoms with Gasteiger partial charge >= 0.3 is 0 Å². The number of thiocarbonyl (C=S) groups is 1. The number of hydrogen-bond acceptors (Lipinski definition) is 5. The predicted octanol–water partition coefficient (Wildman–Crippen LogP) is 2.79. The molecular weight excluding hydrogens is 356 g/mol. The Morgan fingerprint density at radius 3 is 2.72 bits per heavy atom. The van der Waals surface area contributed by atoms with Gasteiger partial charge in [0.05, 0.1) is 11.4 Å². The summed E-state index contributed by atoms with van der Waals surface area (Å²) in [6.07, 6.45) is 1.61. The van der Waals surface area contributed by atoms with Gasteiger partial charge in [0.25, 0.3) is 5.91 Å². The predicted molar refractivity (Wildman–Crippen MR) is 103 cm³/mol. The molecule has 8 heteroatoms. The maximum Gasteiger partial charge on any atom is 0.273 e. The minimum atomic E-state index is -0.294. The normalized spacial score (nSPS) is 15.2. The van der Waals surface area contributed by atoms with Crippen molar-refractivity contribution < 1.29 is 9.59 Å². The van der Waals surface area contributed by atoms with Gasteiger partial charge in [-0.2, -0.15) is 0 Å². The molecule has 3 rings (SSSR count). The van der Waals surface area contributed by atoms with Gasteiger partial charge in [-0.05, 0) is 49.3 Å². The fraction of sp³-hybridized carbons (Fsp3) is 0.176. The summed E-state index contributed by atoms with van der Waals surface area (Å²) in [6, 6.07) is 5.81. The average Bonchev–Trinajstić information content (AvgIpc) is 3.11. The van der Waals surface area contributed by atoms with E-state index >= 15 is 0 Å². The molecule has 1 aliphatic rings. The summed E-state index contributed by atoms with van der Waals surface area (Å²) in [5, 5.41) is 7.89. The van der Waals surface area contributed by atoms with Gasteiger partial charge in [0.15, 0.2) is 10.2 Å². The number of aromatic nitrogens is 1. The van der Waals surface area contributed by atoms with Crippen molar-refractivity contribution in [3.8, 4) is 0 Å². The van der Waals surface area contributed by atoms with Gasteiger partial charge in [-0.25, -0.2) is 4.98 Å². The van der Waals surface area contributed by atoms with E-state index in [1.165, 1.54) is 18.3 Å². The zero-order chi connectivity index (χ0) is 18.1. The standard InChI is InChI=1S/C17H16N4O2S2/c1-9-5-4-6-14(10(9)2)21(11(3)22)17-18-12(8-25-17)7-13-15(23)20-16(24)19-13/h4-8H,1-3H3,(H2,19,20,23,24). The molecule has 1 aromatic carbocycles. The van der Waals surface area contributed by atoms with E-state index in [1.54, 1.807) is 16.4 Å². The number of carbonyl (C=O) groups excluding carboxylic acids is 2. The number of thiazole rings is 1. The second-order valence-corrected chi connectivity index (χ2v) is 6.84. The third-order valence-corrected chi connectivity index (χ3v) is 4.89. The lowest BCUT2D eigenvalue weighted by atomic mass is 10.1. The Hall–Kier alpha value is -2.58. The average molecular weight is 372 g/mol. The maximum atomic E-state index is 12.2. The number of carbonyl (C=O) groups is 2. The zero-order valence-corrected chi connectivity index (χ0v) is 15.5. The molecule has 2 N–H and O–H groups in total. The summed E-state index contributed by atoms with van der Waals surface area (Å²) >= 11 is 6.24. The number of nitrogens with zero attached hydrogens (tertiary/aromatic N) is 2. The van der Waals surface area contributed by atoms with Gasteiger partial charge in [0.1, 0.15) is 5.70 Å². The smallest absolute Gasteiger partial charge is 0.273 e. The van der Waals surface area contributed by atoms with E-state index in [4.69, 9.17) is 12.2 Å². The second kappa shape index (κ2) is 6.73. The number of rotatable bonds is 3. The zero-order valence-electron chi connectivity index (χ0n) is 13.9. The Labute approximate surface area is 154 Å². The quantitative estimate of drug-likeness (QED) is 0.640. The van der Waals surface area contributed by atoms with Crippen LogP contribution in [0, 0.1) is 13.8 Å². The molecule has 2 heterocycles. The van der Waals surface area contributed by atoms with Crippen molar-refractivity contribution in [2.24, 2.45) is 0 Å². The van der Waals surface area contributed by atoms with Crippen molar-refractivity contribution >= 4 is 57.4 Å². The first-order valence-corrected chi connectivity index (χ1v) is 8.82. The SMILES string of the molecule is CC(=O)N(c1nc(C=C2NC(=S)NC2=O)cs1)c1cccc(C)c1C. The van der Waals surface area contributed by atoms with E-state index < -0.39 is 0 Å². The Kier molecular flexibility index (Phi) is 4.65. The van der Waals surface area contributed by atoms with Crippen LogP contribution in [0.4, 0.5) is 10.8 Å². The molecule has 0 atom stereocenters. The van der Waals surface area contributed by atoms with Gasteiger partial charge < -0.3 is 5.32 Å². The second-order valence-electron chi connectivity index (χ2n) is 5.59. The highest BCUT2D eigenvalue weighted by atomic mass is 32.1. The number of aryl methyl sites for hydroxylation is 1. The Morgan fingerprint density at radius 1 is 1.32 bits per heavy atom. The van der Waals surface area contributed by atoms with Gasteiger partial charge in [-0.3, -0.25) is 19.8 Å². The summed E-state index contributed by atoms with van der Waals surface area (Å²) in [6.45, 7) is 5.48. The van der Waals surface area contributed by atoms with Crippen LogP contribution in [0.25, 0.3) is 6.08 Å². The molecule has 0 radical (unpaired) electrons. The molecule has 1 fully saturated rings. The van der Waals surface area contributed by atoms with Crippen molar-refractivity contribution in [3.63, 3.8) is 0 Å². The molecule has 0 saturated carbocycles. The molecule has 0 unspecified atom stereocenters. The van der Waals surface area contributed by atoms with Crippen LogP contribution in [0.15, 0.2) is 29.3 Å². The molecule has 0 bridgehead atoms. The van der Waals surface area contributed by atoms with Crippen LogP contribution in [0.5, 0.6) is 0 Å².